The van der Waals surface area contributed by atoms with Gasteiger partial charge in [-0.15, -0.1) is 0 Å². The van der Waals surface area contributed by atoms with Gasteiger partial charge in [0.15, 0.2) is 0 Å². The van der Waals surface area contributed by atoms with Crippen LogP contribution < -0.4 is 15.5 Å². The molecule has 1 heterocycles. The summed E-state index contributed by atoms with van der Waals surface area (Å²) in [6, 6.07) is 20.7. The standard InChI is InChI=1S/C31H33BrN4O4/c1-35(2)18-4-5-27(37)36(3)24-14-12-23(13-15-24)33-30(21-9-6-20(7-10-21)8-17-28(38)39)29-25-16-11-22(32)19-26(25)34-31(29)40/h6-7,9-16,19,33H,4-5,8,17-18H2,1-3H3,(H,34,40)(H,38,39). The van der Waals surface area contributed by atoms with Gasteiger partial charge in [0.25, 0.3) is 5.91 Å². The highest BCUT2D eigenvalue weighted by Gasteiger charge is 2.28. The maximum Gasteiger partial charge on any atom is 0.303 e. The third-order valence-electron chi connectivity index (χ3n) is 6.74. The molecule has 0 saturated carbocycles. The average molecular weight is 606 g/mol. The van der Waals surface area contributed by atoms with Crippen LogP contribution >= 0.6 is 15.9 Å². The smallest absolute Gasteiger partial charge is 0.303 e. The van der Waals surface area contributed by atoms with Crippen molar-refractivity contribution < 1.29 is 19.5 Å². The fourth-order valence-corrected chi connectivity index (χ4v) is 4.89. The van der Waals surface area contributed by atoms with Gasteiger partial charge >= 0.3 is 5.97 Å². The summed E-state index contributed by atoms with van der Waals surface area (Å²) < 4.78 is 0.862. The number of benzene rings is 3. The summed E-state index contributed by atoms with van der Waals surface area (Å²) in [4.78, 5) is 40.5. The normalized spacial score (nSPS) is 13.6. The van der Waals surface area contributed by atoms with E-state index in [1.54, 1.807) is 11.9 Å². The number of carbonyl (C=O) groups excluding carboxylic acids is 2. The molecule has 0 aromatic heterocycles. The lowest BCUT2D eigenvalue weighted by atomic mass is 9.98. The van der Waals surface area contributed by atoms with E-state index in [2.05, 4.69) is 31.5 Å². The van der Waals surface area contributed by atoms with Gasteiger partial charge in [-0.2, -0.15) is 0 Å². The van der Waals surface area contributed by atoms with Crippen LogP contribution in [0, 0.1) is 0 Å². The van der Waals surface area contributed by atoms with Crippen LogP contribution in [-0.4, -0.2) is 55.5 Å². The lowest BCUT2D eigenvalue weighted by Gasteiger charge is -2.19. The molecule has 2 amide bonds. The van der Waals surface area contributed by atoms with Crippen LogP contribution in [0.2, 0.25) is 0 Å². The van der Waals surface area contributed by atoms with E-state index in [9.17, 15) is 14.4 Å². The summed E-state index contributed by atoms with van der Waals surface area (Å²) in [6.07, 6.45) is 1.74. The number of nitrogens with one attached hydrogen (secondary N) is 2. The van der Waals surface area contributed by atoms with Crippen molar-refractivity contribution in [1.82, 2.24) is 4.90 Å². The fourth-order valence-electron chi connectivity index (χ4n) is 4.53. The second kappa shape index (κ2) is 12.9. The van der Waals surface area contributed by atoms with Gasteiger partial charge in [-0.3, -0.25) is 14.4 Å². The number of hydrogen-bond donors (Lipinski definition) is 3. The number of aliphatic carboxylic acids is 1. The van der Waals surface area contributed by atoms with Gasteiger partial charge < -0.3 is 25.5 Å². The van der Waals surface area contributed by atoms with Gasteiger partial charge in [0.2, 0.25) is 5.91 Å². The monoisotopic (exact) mass is 604 g/mol. The van der Waals surface area contributed by atoms with Crippen LogP contribution in [0.1, 0.15) is 36.0 Å². The molecule has 0 fully saturated rings. The van der Waals surface area contributed by atoms with Crippen LogP contribution in [0.5, 0.6) is 0 Å². The van der Waals surface area contributed by atoms with Gasteiger partial charge in [-0.05, 0) is 81.0 Å². The van der Waals surface area contributed by atoms with Crippen LogP contribution in [0.3, 0.4) is 0 Å². The topological polar surface area (TPSA) is 102 Å². The largest absolute Gasteiger partial charge is 0.481 e. The first kappa shape index (κ1) is 29.0. The molecule has 0 saturated heterocycles. The highest BCUT2D eigenvalue weighted by atomic mass is 79.9. The zero-order valence-electron chi connectivity index (χ0n) is 22.8. The summed E-state index contributed by atoms with van der Waals surface area (Å²) in [5.74, 6) is -1.01. The molecule has 0 bridgehead atoms. The van der Waals surface area contributed by atoms with Gasteiger partial charge in [-0.1, -0.05) is 46.3 Å². The van der Waals surface area contributed by atoms with Crippen LogP contribution in [0.15, 0.2) is 71.2 Å². The first-order valence-corrected chi connectivity index (χ1v) is 13.9. The number of amides is 2. The Labute approximate surface area is 242 Å². The molecule has 3 aromatic rings. The second-order valence-electron chi connectivity index (χ2n) is 10.0. The number of fused-ring (bicyclic) bond motifs is 1. The molecule has 0 radical (unpaired) electrons. The fraction of sp³-hybridized carbons (Fsp3) is 0.258. The lowest BCUT2D eigenvalue weighted by molar-refractivity contribution is -0.137. The van der Waals surface area contributed by atoms with Crippen molar-refractivity contribution >= 4 is 62.0 Å². The predicted octanol–water partition coefficient (Wildman–Crippen LogP) is 5.70. The molecule has 1 aliphatic heterocycles. The van der Waals surface area contributed by atoms with E-state index in [1.165, 1.54) is 0 Å². The first-order chi connectivity index (χ1) is 19.1. The van der Waals surface area contributed by atoms with E-state index < -0.39 is 5.97 Å². The Morgan fingerprint density at radius 3 is 2.30 bits per heavy atom. The Morgan fingerprint density at radius 2 is 1.65 bits per heavy atom. The van der Waals surface area contributed by atoms with E-state index in [0.29, 0.717) is 24.1 Å². The number of aryl methyl sites for hydroxylation is 1. The summed E-state index contributed by atoms with van der Waals surface area (Å²) in [7, 11) is 5.76. The molecule has 0 spiro atoms. The molecule has 0 aliphatic carbocycles. The number of halogens is 1. The molecule has 3 aromatic carbocycles. The van der Waals surface area contributed by atoms with Gasteiger partial charge in [0, 0.05) is 41.3 Å². The third kappa shape index (κ3) is 7.16. The van der Waals surface area contributed by atoms with E-state index in [-0.39, 0.29) is 18.2 Å². The highest BCUT2D eigenvalue weighted by molar-refractivity contribution is 9.10. The highest BCUT2D eigenvalue weighted by Crippen LogP contribution is 2.39. The van der Waals surface area contributed by atoms with E-state index in [1.807, 2.05) is 80.8 Å². The Kier molecular flexibility index (Phi) is 9.39. The van der Waals surface area contributed by atoms with Gasteiger partial charge in [0.1, 0.15) is 0 Å². The summed E-state index contributed by atoms with van der Waals surface area (Å²) in [5, 5.41) is 15.4. The van der Waals surface area contributed by atoms with E-state index >= 15 is 0 Å². The zero-order chi connectivity index (χ0) is 28.8. The summed E-state index contributed by atoms with van der Waals surface area (Å²) >= 11 is 3.47. The molecule has 4 rings (SSSR count). The lowest BCUT2D eigenvalue weighted by Crippen LogP contribution is -2.27. The minimum atomic E-state index is -0.844. The average Bonchev–Trinajstić information content (AvgIpc) is 3.25. The maximum absolute atomic E-state index is 13.2. The van der Waals surface area contributed by atoms with Gasteiger partial charge in [0.05, 0.1) is 17.0 Å². The Bertz CT molecular complexity index is 1430. The minimum Gasteiger partial charge on any atom is -0.481 e. The van der Waals surface area contributed by atoms with Crippen molar-refractivity contribution in [2.75, 3.05) is 43.2 Å². The molecule has 3 N–H and O–H groups in total. The van der Waals surface area contributed by atoms with Crippen molar-refractivity contribution in [3.63, 3.8) is 0 Å². The van der Waals surface area contributed by atoms with Crippen molar-refractivity contribution in [2.45, 2.75) is 25.7 Å². The number of carbonyl (C=O) groups is 3. The first-order valence-electron chi connectivity index (χ1n) is 13.1. The molecule has 0 unspecified atom stereocenters. The van der Waals surface area contributed by atoms with Crippen molar-refractivity contribution in [1.29, 1.82) is 0 Å². The van der Waals surface area contributed by atoms with Crippen LogP contribution in [0.4, 0.5) is 17.1 Å². The second-order valence-corrected chi connectivity index (χ2v) is 10.9. The van der Waals surface area contributed by atoms with Gasteiger partial charge in [-0.25, -0.2) is 0 Å². The predicted molar refractivity (Wildman–Crippen MR) is 163 cm³/mol. The number of carboxylic acids is 1. The molecular formula is C31H33BrN4O4. The molecule has 208 valence electrons. The molecule has 8 nitrogen and oxygen atoms in total. The van der Waals surface area contributed by atoms with Crippen molar-refractivity contribution in [3.05, 3.63) is 87.9 Å². The Balaban J connectivity index is 1.63. The third-order valence-corrected chi connectivity index (χ3v) is 7.23. The number of rotatable bonds is 11. The van der Waals surface area contributed by atoms with Crippen molar-refractivity contribution in [3.8, 4) is 0 Å². The number of carboxylic acid groups (broad SMARTS) is 1. The van der Waals surface area contributed by atoms with Crippen LogP contribution in [-0.2, 0) is 20.8 Å². The summed E-state index contributed by atoms with van der Waals surface area (Å²) in [6.45, 7) is 0.855. The quantitative estimate of drug-likeness (QED) is 0.243. The van der Waals surface area contributed by atoms with Crippen LogP contribution in [0.25, 0.3) is 11.3 Å². The minimum absolute atomic E-state index is 0.0507. The van der Waals surface area contributed by atoms with E-state index in [0.717, 1.165) is 51.2 Å². The molecular weight excluding hydrogens is 572 g/mol. The zero-order valence-corrected chi connectivity index (χ0v) is 24.4. The SMILES string of the molecule is CN(C)CCCC(=O)N(C)c1ccc(NC(=C2C(=O)Nc3cc(Br)ccc32)c2ccc(CCC(=O)O)cc2)cc1. The number of nitrogens with zero attached hydrogens (tertiary/aromatic N) is 2. The summed E-state index contributed by atoms with van der Waals surface area (Å²) in [5.41, 5.74) is 5.87. The molecule has 0 atom stereocenters. The van der Waals surface area contributed by atoms with E-state index in [4.69, 9.17) is 5.11 Å². The number of hydrogen-bond acceptors (Lipinski definition) is 5. The molecule has 40 heavy (non-hydrogen) atoms. The Morgan fingerprint density at radius 1 is 0.950 bits per heavy atom. The maximum atomic E-state index is 13.2. The molecule has 9 heteroatoms. The Hall–Kier alpha value is -3.95. The van der Waals surface area contributed by atoms with Crippen molar-refractivity contribution in [2.24, 2.45) is 0 Å². The molecule has 1 aliphatic rings. The number of anilines is 3.